The Kier molecular flexibility index (Phi) is 5.49. The van der Waals surface area contributed by atoms with Crippen molar-refractivity contribution in [3.8, 4) is 0 Å². The van der Waals surface area contributed by atoms with Gasteiger partial charge in [-0.2, -0.15) is 0 Å². The van der Waals surface area contributed by atoms with Gasteiger partial charge in [-0.1, -0.05) is 25.8 Å². The average molecular weight is 318 g/mol. The summed E-state index contributed by atoms with van der Waals surface area (Å²) in [6.45, 7) is 6.94. The molecule has 3 N–H and O–H groups in total. The van der Waals surface area contributed by atoms with Crippen LogP contribution in [0.1, 0.15) is 32.6 Å². The Bertz CT molecular complexity index is 499. The molecule has 5 nitrogen and oxygen atoms in total. The number of pyridine rings is 1. The van der Waals surface area contributed by atoms with Crippen molar-refractivity contribution in [2.45, 2.75) is 38.6 Å². The van der Waals surface area contributed by atoms with Gasteiger partial charge in [-0.25, -0.2) is 4.98 Å². The molecule has 0 unspecified atom stereocenters. The summed E-state index contributed by atoms with van der Waals surface area (Å²) in [4.78, 5) is 19.4. The molecule has 1 aromatic rings. The van der Waals surface area contributed by atoms with Gasteiger partial charge in [0, 0.05) is 12.1 Å². The highest BCUT2D eigenvalue weighted by Gasteiger charge is 2.29. The first-order valence-corrected chi connectivity index (χ1v) is 9.07. The minimum absolute atomic E-state index is 0.235. The lowest BCUT2D eigenvalue weighted by Crippen LogP contribution is -3.16. The van der Waals surface area contributed by atoms with E-state index in [4.69, 9.17) is 0 Å². The molecule has 1 saturated heterocycles. The molecule has 0 radical (unpaired) electrons. The summed E-state index contributed by atoms with van der Waals surface area (Å²) < 4.78 is 0. The predicted molar refractivity (Wildman–Crippen MR) is 90.3 cm³/mol. The minimum atomic E-state index is 0.235. The van der Waals surface area contributed by atoms with E-state index in [9.17, 15) is 4.79 Å². The maximum absolute atomic E-state index is 12.3. The number of quaternary nitrogens is 1. The van der Waals surface area contributed by atoms with Crippen LogP contribution in [-0.2, 0) is 4.79 Å². The second-order valence-electron chi connectivity index (χ2n) is 7.10. The summed E-state index contributed by atoms with van der Waals surface area (Å²) in [6, 6.07) is 6.57. The van der Waals surface area contributed by atoms with E-state index in [-0.39, 0.29) is 5.91 Å². The van der Waals surface area contributed by atoms with Gasteiger partial charge in [0.2, 0.25) is 0 Å². The minimum Gasteiger partial charge on any atom is -0.348 e. The number of nitrogens with one attached hydrogen (secondary N) is 3. The number of carbonyl (C=O) groups is 1. The summed E-state index contributed by atoms with van der Waals surface area (Å²) in [5.41, 5.74) is 0. The van der Waals surface area contributed by atoms with E-state index in [1.807, 2.05) is 12.3 Å². The number of piperazine rings is 1. The third-order valence-corrected chi connectivity index (χ3v) is 5.37. The highest BCUT2D eigenvalue weighted by Crippen LogP contribution is 2.23. The average Bonchev–Trinajstić information content (AvgIpc) is 2.58. The second kappa shape index (κ2) is 7.77. The fourth-order valence-corrected chi connectivity index (χ4v) is 3.84. The quantitative estimate of drug-likeness (QED) is 0.815. The number of hydrogen-bond acceptors (Lipinski definition) is 2. The predicted octanol–water partition coefficient (Wildman–Crippen LogP) is -0.0995. The first-order valence-electron chi connectivity index (χ1n) is 9.07. The lowest BCUT2D eigenvalue weighted by atomic mass is 9.86. The lowest BCUT2D eigenvalue weighted by molar-refractivity contribution is -0.892. The summed E-state index contributed by atoms with van der Waals surface area (Å²) in [5, 5.41) is 3.28. The molecule has 2 heterocycles. The first-order chi connectivity index (χ1) is 11.2. The molecule has 126 valence electrons. The van der Waals surface area contributed by atoms with Gasteiger partial charge >= 0.3 is 0 Å². The number of amides is 1. The summed E-state index contributed by atoms with van der Waals surface area (Å²) in [7, 11) is 0. The standard InChI is InChI=1S/C18H28N4O/c1-15-6-2-3-7-16(15)20-18(23)14-21-10-12-22(13-11-21)17-8-4-5-9-19-17/h4-5,8-9,15-16H,2-3,6-7,10-14H2,1H3,(H,20,23)/p+2/t15-,16+/m1/s1. The van der Waals surface area contributed by atoms with Crippen molar-refractivity contribution in [1.82, 2.24) is 5.32 Å². The molecule has 1 aliphatic heterocycles. The Morgan fingerprint density at radius 1 is 1.30 bits per heavy atom. The van der Waals surface area contributed by atoms with Crippen LogP contribution in [0.3, 0.4) is 0 Å². The van der Waals surface area contributed by atoms with Crippen molar-refractivity contribution in [3.05, 3.63) is 24.4 Å². The molecule has 2 aliphatic rings. The van der Waals surface area contributed by atoms with Crippen molar-refractivity contribution in [2.24, 2.45) is 5.92 Å². The Morgan fingerprint density at radius 3 is 2.78 bits per heavy atom. The van der Waals surface area contributed by atoms with E-state index in [1.165, 1.54) is 30.0 Å². The van der Waals surface area contributed by atoms with Crippen LogP contribution in [0.15, 0.2) is 24.4 Å². The van der Waals surface area contributed by atoms with Gasteiger partial charge in [-0.3, -0.25) is 9.69 Å². The van der Waals surface area contributed by atoms with Gasteiger partial charge in [-0.05, 0) is 24.8 Å². The van der Waals surface area contributed by atoms with Gasteiger partial charge < -0.3 is 10.2 Å². The zero-order chi connectivity index (χ0) is 16.1. The van der Waals surface area contributed by atoms with Crippen LogP contribution in [0, 0.1) is 5.92 Å². The van der Waals surface area contributed by atoms with E-state index in [0.29, 0.717) is 18.5 Å². The van der Waals surface area contributed by atoms with E-state index in [0.717, 1.165) is 32.6 Å². The maximum atomic E-state index is 12.3. The fourth-order valence-electron chi connectivity index (χ4n) is 3.84. The normalized spacial score (nSPS) is 26.0. The Morgan fingerprint density at radius 2 is 2.09 bits per heavy atom. The fraction of sp³-hybridized carbons (Fsp3) is 0.667. The third-order valence-electron chi connectivity index (χ3n) is 5.37. The van der Waals surface area contributed by atoms with Crippen LogP contribution in [0.4, 0.5) is 5.82 Å². The summed E-state index contributed by atoms with van der Waals surface area (Å²) in [6.07, 6.45) is 6.95. The van der Waals surface area contributed by atoms with Crippen molar-refractivity contribution >= 4 is 11.7 Å². The van der Waals surface area contributed by atoms with E-state index in [1.54, 1.807) is 0 Å². The maximum Gasteiger partial charge on any atom is 0.275 e. The smallest absolute Gasteiger partial charge is 0.275 e. The van der Waals surface area contributed by atoms with Crippen LogP contribution in [0.5, 0.6) is 0 Å². The van der Waals surface area contributed by atoms with Crippen molar-refractivity contribution in [2.75, 3.05) is 37.6 Å². The van der Waals surface area contributed by atoms with Crippen molar-refractivity contribution in [3.63, 3.8) is 0 Å². The second-order valence-corrected chi connectivity index (χ2v) is 7.10. The monoisotopic (exact) mass is 318 g/mol. The number of rotatable bonds is 4. The van der Waals surface area contributed by atoms with Crippen LogP contribution in [0.25, 0.3) is 0 Å². The molecule has 1 aromatic heterocycles. The third kappa shape index (κ3) is 4.44. The van der Waals surface area contributed by atoms with Crippen LogP contribution < -0.4 is 20.1 Å². The largest absolute Gasteiger partial charge is 0.348 e. The van der Waals surface area contributed by atoms with Gasteiger partial charge in [0.25, 0.3) is 11.7 Å². The molecule has 0 aromatic carbocycles. The number of carbonyl (C=O) groups excluding carboxylic acids is 1. The molecule has 1 aliphatic carbocycles. The Hall–Kier alpha value is -1.62. The molecule has 3 rings (SSSR count). The molecular formula is C18H30N4O+2. The SMILES string of the molecule is C[C@@H]1CCCC[C@@H]1NC(=O)C[NH+]1CCN(c2cccc[nH+]2)CC1. The first kappa shape index (κ1) is 16.2. The molecule has 1 saturated carbocycles. The Balaban J connectivity index is 1.42. The van der Waals surface area contributed by atoms with Gasteiger partial charge in [0.1, 0.15) is 26.2 Å². The van der Waals surface area contributed by atoms with Gasteiger partial charge in [0.15, 0.2) is 6.54 Å². The summed E-state index contributed by atoms with van der Waals surface area (Å²) in [5.74, 6) is 2.04. The molecular weight excluding hydrogens is 288 g/mol. The highest BCUT2D eigenvalue weighted by molar-refractivity contribution is 5.77. The van der Waals surface area contributed by atoms with Crippen LogP contribution in [0.2, 0.25) is 0 Å². The number of nitrogens with zero attached hydrogens (tertiary/aromatic N) is 1. The van der Waals surface area contributed by atoms with E-state index >= 15 is 0 Å². The van der Waals surface area contributed by atoms with Gasteiger partial charge in [-0.15, -0.1) is 0 Å². The van der Waals surface area contributed by atoms with Crippen molar-refractivity contribution < 1.29 is 14.7 Å². The highest BCUT2D eigenvalue weighted by atomic mass is 16.2. The molecule has 23 heavy (non-hydrogen) atoms. The van der Waals surface area contributed by atoms with Crippen LogP contribution in [-0.4, -0.2) is 44.7 Å². The zero-order valence-corrected chi connectivity index (χ0v) is 14.2. The molecule has 0 bridgehead atoms. The van der Waals surface area contributed by atoms with Crippen molar-refractivity contribution in [1.29, 1.82) is 0 Å². The molecule has 1 amide bonds. The van der Waals surface area contributed by atoms with Crippen LogP contribution >= 0.6 is 0 Å². The molecule has 2 fully saturated rings. The summed E-state index contributed by atoms with van der Waals surface area (Å²) >= 11 is 0. The van der Waals surface area contributed by atoms with E-state index < -0.39 is 0 Å². The number of aromatic amines is 1. The zero-order valence-electron chi connectivity index (χ0n) is 14.2. The lowest BCUT2D eigenvalue weighted by Gasteiger charge is -2.31. The van der Waals surface area contributed by atoms with E-state index in [2.05, 4.69) is 34.3 Å². The molecule has 5 heteroatoms. The number of aromatic nitrogens is 1. The molecule has 0 spiro atoms. The number of H-pyrrole nitrogens is 1. The molecule has 2 atom stereocenters. The number of anilines is 1. The van der Waals surface area contributed by atoms with Gasteiger partial charge in [0.05, 0.1) is 6.20 Å². The Labute approximate surface area is 139 Å². The number of hydrogen-bond donors (Lipinski definition) is 2. The topological polar surface area (TPSA) is 50.9 Å².